The number of benzene rings is 2. The third-order valence-electron chi connectivity index (χ3n) is 3.74. The lowest BCUT2D eigenvalue weighted by Crippen LogP contribution is -2.12. The van der Waals surface area contributed by atoms with Gasteiger partial charge in [-0.15, -0.1) is 10.2 Å². The molecule has 0 aliphatic rings. The van der Waals surface area contributed by atoms with E-state index in [0.717, 1.165) is 14.9 Å². The summed E-state index contributed by atoms with van der Waals surface area (Å²) in [6.07, 6.45) is 0. The van der Waals surface area contributed by atoms with Gasteiger partial charge in [-0.25, -0.2) is 0 Å². The van der Waals surface area contributed by atoms with Crippen molar-refractivity contribution in [3.63, 3.8) is 0 Å². The molecule has 0 aliphatic heterocycles. The molecule has 0 atom stereocenters. The molecule has 152 valence electrons. The molecule has 1 N–H and O–H groups in total. The quantitative estimate of drug-likeness (QED) is 0.342. The van der Waals surface area contributed by atoms with Gasteiger partial charge in [0, 0.05) is 16.3 Å². The molecule has 3 rings (SSSR count). The first-order chi connectivity index (χ1) is 14.1. The van der Waals surface area contributed by atoms with Gasteiger partial charge in [-0.2, -0.15) is 0 Å². The SMILES string of the molecule is CCOc1ccc(C(=O)Nc2nnc(SCc3ccccc3Cl)s2)cc1OCC. The molecule has 29 heavy (non-hydrogen) atoms. The van der Waals surface area contributed by atoms with Crippen LogP contribution in [0, 0.1) is 0 Å². The van der Waals surface area contributed by atoms with E-state index in [4.69, 9.17) is 21.1 Å². The van der Waals surface area contributed by atoms with Crippen LogP contribution in [0.4, 0.5) is 5.13 Å². The van der Waals surface area contributed by atoms with Gasteiger partial charge < -0.3 is 9.47 Å². The third kappa shape index (κ3) is 5.85. The van der Waals surface area contributed by atoms with E-state index in [1.807, 2.05) is 38.1 Å². The maximum absolute atomic E-state index is 12.6. The molecule has 0 unspecified atom stereocenters. The fourth-order valence-corrected chi connectivity index (χ4v) is 4.47. The second kappa shape index (κ2) is 10.5. The Morgan fingerprint density at radius 1 is 1.10 bits per heavy atom. The van der Waals surface area contributed by atoms with Crippen LogP contribution in [0.1, 0.15) is 29.8 Å². The molecular formula is C20H20ClN3O3S2. The van der Waals surface area contributed by atoms with Crippen LogP contribution >= 0.6 is 34.7 Å². The number of amides is 1. The monoisotopic (exact) mass is 449 g/mol. The highest BCUT2D eigenvalue weighted by Crippen LogP contribution is 2.31. The Bertz CT molecular complexity index is 981. The summed E-state index contributed by atoms with van der Waals surface area (Å²) in [5.74, 6) is 1.54. The fraction of sp³-hybridized carbons (Fsp3) is 0.250. The predicted octanol–water partition coefficient (Wildman–Crippen LogP) is 5.53. The molecule has 0 saturated heterocycles. The Balaban J connectivity index is 1.64. The van der Waals surface area contributed by atoms with Gasteiger partial charge in [0.15, 0.2) is 15.8 Å². The van der Waals surface area contributed by atoms with Crippen molar-refractivity contribution in [1.29, 1.82) is 0 Å². The van der Waals surface area contributed by atoms with Gasteiger partial charge in [-0.05, 0) is 43.7 Å². The summed E-state index contributed by atoms with van der Waals surface area (Å²) in [6.45, 7) is 4.78. The Kier molecular flexibility index (Phi) is 7.74. The number of carbonyl (C=O) groups is 1. The van der Waals surface area contributed by atoms with Crippen molar-refractivity contribution in [2.75, 3.05) is 18.5 Å². The highest BCUT2D eigenvalue weighted by molar-refractivity contribution is 8.00. The first-order valence-corrected chi connectivity index (χ1v) is 11.2. The topological polar surface area (TPSA) is 73.3 Å². The summed E-state index contributed by atoms with van der Waals surface area (Å²) in [7, 11) is 0. The number of nitrogens with zero attached hydrogens (tertiary/aromatic N) is 2. The molecule has 1 aromatic heterocycles. The highest BCUT2D eigenvalue weighted by atomic mass is 35.5. The van der Waals surface area contributed by atoms with Gasteiger partial charge in [0.05, 0.1) is 13.2 Å². The number of hydrogen-bond donors (Lipinski definition) is 1. The second-order valence-corrected chi connectivity index (χ2v) is 8.34. The summed E-state index contributed by atoms with van der Waals surface area (Å²) in [5, 5.41) is 12.1. The van der Waals surface area contributed by atoms with Crippen molar-refractivity contribution < 1.29 is 14.3 Å². The zero-order chi connectivity index (χ0) is 20.6. The standard InChI is InChI=1S/C20H20ClN3O3S2/c1-3-26-16-10-9-13(11-17(16)27-4-2)18(25)22-19-23-24-20(29-19)28-12-14-7-5-6-8-15(14)21/h5-11H,3-4,12H2,1-2H3,(H,22,23,25). The van der Waals surface area contributed by atoms with Crippen LogP contribution in [-0.4, -0.2) is 29.3 Å². The van der Waals surface area contributed by atoms with Gasteiger partial charge in [0.1, 0.15) is 0 Å². The Morgan fingerprint density at radius 3 is 2.62 bits per heavy atom. The van der Waals surface area contributed by atoms with Crippen LogP contribution in [0.2, 0.25) is 5.02 Å². The average Bonchev–Trinajstić information content (AvgIpc) is 3.16. The largest absolute Gasteiger partial charge is 0.490 e. The number of nitrogens with one attached hydrogen (secondary N) is 1. The number of aromatic nitrogens is 2. The smallest absolute Gasteiger partial charge is 0.257 e. The van der Waals surface area contributed by atoms with E-state index in [2.05, 4.69) is 15.5 Å². The van der Waals surface area contributed by atoms with Crippen LogP contribution in [0.5, 0.6) is 11.5 Å². The lowest BCUT2D eigenvalue weighted by Gasteiger charge is -2.12. The molecule has 1 amide bonds. The van der Waals surface area contributed by atoms with E-state index in [1.165, 1.54) is 23.1 Å². The summed E-state index contributed by atoms with van der Waals surface area (Å²) < 4.78 is 11.9. The van der Waals surface area contributed by atoms with E-state index < -0.39 is 0 Å². The number of rotatable bonds is 9. The number of ether oxygens (including phenoxy) is 2. The molecule has 0 radical (unpaired) electrons. The summed E-state index contributed by atoms with van der Waals surface area (Å²) >= 11 is 9.01. The molecule has 0 fully saturated rings. The predicted molar refractivity (Wildman–Crippen MR) is 118 cm³/mol. The maximum Gasteiger partial charge on any atom is 0.257 e. The number of carbonyl (C=O) groups excluding carboxylic acids is 1. The van der Waals surface area contributed by atoms with Crippen molar-refractivity contribution in [3.05, 3.63) is 58.6 Å². The minimum Gasteiger partial charge on any atom is -0.490 e. The van der Waals surface area contributed by atoms with Gasteiger partial charge >= 0.3 is 0 Å². The molecule has 6 nitrogen and oxygen atoms in total. The van der Waals surface area contributed by atoms with E-state index in [9.17, 15) is 4.79 Å². The van der Waals surface area contributed by atoms with Crippen LogP contribution in [0.25, 0.3) is 0 Å². The number of thioether (sulfide) groups is 1. The van der Waals surface area contributed by atoms with Gasteiger partial charge in [0.2, 0.25) is 5.13 Å². The maximum atomic E-state index is 12.6. The van der Waals surface area contributed by atoms with Crippen LogP contribution in [0.15, 0.2) is 46.8 Å². The van der Waals surface area contributed by atoms with Crippen molar-refractivity contribution in [1.82, 2.24) is 10.2 Å². The van der Waals surface area contributed by atoms with E-state index in [-0.39, 0.29) is 5.91 Å². The normalized spacial score (nSPS) is 10.6. The fourth-order valence-electron chi connectivity index (χ4n) is 2.44. The molecule has 3 aromatic rings. The first-order valence-electron chi connectivity index (χ1n) is 9.01. The van der Waals surface area contributed by atoms with Crippen molar-refractivity contribution in [2.45, 2.75) is 23.9 Å². The molecular weight excluding hydrogens is 430 g/mol. The molecule has 9 heteroatoms. The van der Waals surface area contributed by atoms with Crippen LogP contribution in [-0.2, 0) is 5.75 Å². The second-order valence-electron chi connectivity index (χ2n) is 5.73. The molecule has 0 bridgehead atoms. The van der Waals surface area contributed by atoms with Gasteiger partial charge in [-0.1, -0.05) is 52.9 Å². The Morgan fingerprint density at radius 2 is 1.86 bits per heavy atom. The van der Waals surface area contributed by atoms with Crippen LogP contribution in [0.3, 0.4) is 0 Å². The summed E-state index contributed by atoms with van der Waals surface area (Å²) in [6, 6.07) is 12.8. The third-order valence-corrected chi connectivity index (χ3v) is 6.13. The Labute approximate surface area is 182 Å². The minimum atomic E-state index is -0.284. The zero-order valence-corrected chi connectivity index (χ0v) is 18.4. The number of hydrogen-bond acceptors (Lipinski definition) is 7. The molecule has 0 saturated carbocycles. The first kappa shape index (κ1) is 21.4. The van der Waals surface area contributed by atoms with Crippen molar-refractivity contribution in [2.24, 2.45) is 0 Å². The number of anilines is 1. The van der Waals surface area contributed by atoms with Crippen molar-refractivity contribution >= 4 is 45.7 Å². The van der Waals surface area contributed by atoms with Crippen LogP contribution < -0.4 is 14.8 Å². The van der Waals surface area contributed by atoms with E-state index in [1.54, 1.807) is 18.2 Å². The average molecular weight is 450 g/mol. The van der Waals surface area contributed by atoms with Gasteiger partial charge in [0.25, 0.3) is 5.91 Å². The molecule has 1 heterocycles. The molecule has 0 aliphatic carbocycles. The lowest BCUT2D eigenvalue weighted by atomic mass is 10.2. The molecule has 0 spiro atoms. The summed E-state index contributed by atoms with van der Waals surface area (Å²) in [4.78, 5) is 12.6. The van der Waals surface area contributed by atoms with Crippen molar-refractivity contribution in [3.8, 4) is 11.5 Å². The lowest BCUT2D eigenvalue weighted by molar-refractivity contribution is 0.102. The van der Waals surface area contributed by atoms with E-state index >= 15 is 0 Å². The molecule has 2 aromatic carbocycles. The highest BCUT2D eigenvalue weighted by Gasteiger charge is 2.14. The zero-order valence-electron chi connectivity index (χ0n) is 16.0. The summed E-state index contributed by atoms with van der Waals surface area (Å²) in [5.41, 5.74) is 1.48. The van der Waals surface area contributed by atoms with Gasteiger partial charge in [-0.3, -0.25) is 10.1 Å². The van der Waals surface area contributed by atoms with E-state index in [0.29, 0.717) is 41.2 Å². The number of halogens is 1. The Hall–Kier alpha value is -2.29. The minimum absolute atomic E-state index is 0.284.